The maximum atomic E-state index is 12.2. The molecule has 0 bridgehead atoms. The third-order valence-corrected chi connectivity index (χ3v) is 1.44. The highest BCUT2D eigenvalue weighted by Gasteiger charge is 2.14. The molecule has 0 aromatic carbocycles. The first-order valence-corrected chi connectivity index (χ1v) is 3.63. The number of aromatic nitrogens is 2. The van der Waals surface area contributed by atoms with Gasteiger partial charge in [-0.25, -0.2) is 8.78 Å². The molecule has 0 fully saturated rings. The minimum atomic E-state index is -2.49. The Hall–Kier alpha value is -0.970. The molecule has 0 spiro atoms. The summed E-state index contributed by atoms with van der Waals surface area (Å²) in [5.74, 6) is 0. The number of nitrogens with zero attached hydrogens (tertiary/aromatic N) is 1. The van der Waals surface area contributed by atoms with Crippen molar-refractivity contribution >= 4 is 0 Å². The van der Waals surface area contributed by atoms with Crippen molar-refractivity contribution in [2.75, 3.05) is 6.61 Å². The first-order chi connectivity index (χ1) is 5.75. The molecule has 0 aliphatic heterocycles. The average Bonchev–Trinajstić information content (AvgIpc) is 2.48. The van der Waals surface area contributed by atoms with Gasteiger partial charge in [-0.3, -0.25) is 5.10 Å². The summed E-state index contributed by atoms with van der Waals surface area (Å²) in [6.07, 6.45) is -1.36. The number of halogens is 2. The second-order valence-electron chi connectivity index (χ2n) is 2.24. The maximum absolute atomic E-state index is 12.2. The van der Waals surface area contributed by atoms with Gasteiger partial charge in [0.15, 0.2) is 0 Å². The minimum Gasteiger partial charge on any atom is -0.375 e. The van der Waals surface area contributed by atoms with Gasteiger partial charge >= 0.3 is 0 Å². The van der Waals surface area contributed by atoms with E-state index in [1.807, 2.05) is 0 Å². The number of aromatic amines is 1. The molecule has 1 heterocycles. The highest BCUT2D eigenvalue weighted by Crippen LogP contribution is 2.20. The summed E-state index contributed by atoms with van der Waals surface area (Å²) in [5.41, 5.74) is 0.273. The highest BCUT2D eigenvalue weighted by atomic mass is 19.3. The summed E-state index contributed by atoms with van der Waals surface area (Å²) in [6, 6.07) is 0. The second kappa shape index (κ2) is 4.15. The highest BCUT2D eigenvalue weighted by molar-refractivity contribution is 5.16. The third kappa shape index (κ3) is 2.01. The summed E-state index contributed by atoms with van der Waals surface area (Å²) in [6.45, 7) is 2.47. The lowest BCUT2D eigenvalue weighted by Gasteiger charge is -2.01. The van der Waals surface area contributed by atoms with Crippen LogP contribution in [0.1, 0.15) is 24.6 Å². The molecule has 0 radical (unpaired) electrons. The van der Waals surface area contributed by atoms with E-state index in [4.69, 9.17) is 4.74 Å². The Morgan fingerprint density at radius 3 is 3.00 bits per heavy atom. The molecule has 0 saturated heterocycles. The number of alkyl halides is 2. The molecular weight excluding hydrogens is 166 g/mol. The molecule has 0 atom stereocenters. The van der Waals surface area contributed by atoms with Crippen molar-refractivity contribution in [3.8, 4) is 0 Å². The average molecular weight is 176 g/mol. The van der Waals surface area contributed by atoms with E-state index in [1.54, 1.807) is 6.92 Å². The number of H-pyrrole nitrogens is 1. The van der Waals surface area contributed by atoms with Crippen molar-refractivity contribution in [2.24, 2.45) is 0 Å². The van der Waals surface area contributed by atoms with E-state index in [-0.39, 0.29) is 12.2 Å². The number of nitrogens with one attached hydrogen (secondary N) is 1. The molecule has 1 N–H and O–H groups in total. The second-order valence-corrected chi connectivity index (χ2v) is 2.24. The van der Waals surface area contributed by atoms with Crippen LogP contribution in [0.4, 0.5) is 8.78 Å². The molecule has 12 heavy (non-hydrogen) atoms. The molecule has 0 aliphatic rings. The van der Waals surface area contributed by atoms with Crippen LogP contribution < -0.4 is 0 Å². The Morgan fingerprint density at radius 1 is 1.67 bits per heavy atom. The lowest BCUT2D eigenvalue weighted by molar-refractivity contribution is 0.119. The van der Waals surface area contributed by atoms with Crippen molar-refractivity contribution in [1.82, 2.24) is 10.2 Å². The van der Waals surface area contributed by atoms with Gasteiger partial charge in [0.25, 0.3) is 6.43 Å². The zero-order valence-corrected chi connectivity index (χ0v) is 6.68. The first-order valence-electron chi connectivity index (χ1n) is 3.63. The lowest BCUT2D eigenvalue weighted by atomic mass is 10.3. The van der Waals surface area contributed by atoms with E-state index >= 15 is 0 Å². The summed E-state index contributed by atoms with van der Waals surface area (Å²) in [5, 5.41) is 5.98. The van der Waals surface area contributed by atoms with Crippen LogP contribution in [0.15, 0.2) is 6.20 Å². The van der Waals surface area contributed by atoms with Crippen molar-refractivity contribution in [2.45, 2.75) is 20.0 Å². The topological polar surface area (TPSA) is 37.9 Å². The number of hydrogen-bond donors (Lipinski definition) is 1. The summed E-state index contributed by atoms with van der Waals surface area (Å²) in [7, 11) is 0. The molecule has 5 heteroatoms. The number of hydrogen-bond acceptors (Lipinski definition) is 2. The Balaban J connectivity index is 2.64. The van der Waals surface area contributed by atoms with Crippen LogP contribution in [0.3, 0.4) is 0 Å². The van der Waals surface area contributed by atoms with E-state index in [0.29, 0.717) is 12.3 Å². The minimum absolute atomic E-state index is 0.0801. The molecule has 68 valence electrons. The van der Waals surface area contributed by atoms with Gasteiger partial charge in [0.2, 0.25) is 0 Å². The zero-order chi connectivity index (χ0) is 8.97. The molecular formula is C7H10F2N2O. The summed E-state index contributed by atoms with van der Waals surface area (Å²) in [4.78, 5) is 0. The normalized spacial score (nSPS) is 11.0. The van der Waals surface area contributed by atoms with Gasteiger partial charge in [0, 0.05) is 6.61 Å². The van der Waals surface area contributed by atoms with Crippen LogP contribution in [0, 0.1) is 0 Å². The van der Waals surface area contributed by atoms with Crippen molar-refractivity contribution in [3.05, 3.63) is 17.5 Å². The Kier molecular flexibility index (Phi) is 3.16. The van der Waals surface area contributed by atoms with Gasteiger partial charge in [-0.2, -0.15) is 5.10 Å². The lowest BCUT2D eigenvalue weighted by Crippen LogP contribution is -1.96. The third-order valence-electron chi connectivity index (χ3n) is 1.44. The fraction of sp³-hybridized carbons (Fsp3) is 0.571. The van der Waals surface area contributed by atoms with E-state index in [0.717, 1.165) is 6.20 Å². The largest absolute Gasteiger partial charge is 0.375 e. The van der Waals surface area contributed by atoms with Crippen LogP contribution in [0.2, 0.25) is 0 Å². The number of ether oxygens (including phenoxy) is 1. The van der Waals surface area contributed by atoms with Gasteiger partial charge in [-0.1, -0.05) is 0 Å². The van der Waals surface area contributed by atoms with Crippen LogP contribution in [-0.2, 0) is 11.3 Å². The molecule has 1 rings (SSSR count). The monoisotopic (exact) mass is 176 g/mol. The van der Waals surface area contributed by atoms with Crippen LogP contribution in [0.25, 0.3) is 0 Å². The molecule has 0 aliphatic carbocycles. The van der Waals surface area contributed by atoms with E-state index in [9.17, 15) is 8.78 Å². The molecule has 3 nitrogen and oxygen atoms in total. The molecule has 0 unspecified atom stereocenters. The van der Waals surface area contributed by atoms with Crippen LogP contribution in [-0.4, -0.2) is 16.8 Å². The van der Waals surface area contributed by atoms with Gasteiger partial charge in [0.05, 0.1) is 24.1 Å². The molecule has 1 aromatic heterocycles. The van der Waals surface area contributed by atoms with Gasteiger partial charge in [0.1, 0.15) is 0 Å². The van der Waals surface area contributed by atoms with Crippen molar-refractivity contribution in [3.63, 3.8) is 0 Å². The van der Waals surface area contributed by atoms with Crippen LogP contribution in [0.5, 0.6) is 0 Å². The van der Waals surface area contributed by atoms with Gasteiger partial charge in [-0.15, -0.1) is 0 Å². The number of rotatable bonds is 4. The SMILES string of the molecule is CCOCc1[nH]ncc1C(F)F. The van der Waals surface area contributed by atoms with Gasteiger partial charge < -0.3 is 4.74 Å². The van der Waals surface area contributed by atoms with Crippen molar-refractivity contribution < 1.29 is 13.5 Å². The van der Waals surface area contributed by atoms with E-state index in [2.05, 4.69) is 10.2 Å². The fourth-order valence-corrected chi connectivity index (χ4v) is 0.830. The standard InChI is InChI=1S/C7H10F2N2O/c1-2-12-4-6-5(7(8)9)3-10-11-6/h3,7H,2,4H2,1H3,(H,10,11). The summed E-state index contributed by atoms with van der Waals surface area (Å²) < 4.78 is 29.3. The van der Waals surface area contributed by atoms with Gasteiger partial charge in [-0.05, 0) is 6.92 Å². The zero-order valence-electron chi connectivity index (χ0n) is 6.68. The first kappa shape index (κ1) is 9.12. The molecule has 1 aromatic rings. The fourth-order valence-electron chi connectivity index (χ4n) is 0.830. The Morgan fingerprint density at radius 2 is 2.42 bits per heavy atom. The van der Waals surface area contributed by atoms with E-state index < -0.39 is 6.43 Å². The predicted molar refractivity (Wildman–Crippen MR) is 38.9 cm³/mol. The Labute approximate surface area is 68.7 Å². The molecule has 0 saturated carbocycles. The quantitative estimate of drug-likeness (QED) is 0.760. The van der Waals surface area contributed by atoms with Crippen LogP contribution >= 0.6 is 0 Å². The summed E-state index contributed by atoms with van der Waals surface area (Å²) >= 11 is 0. The predicted octanol–water partition coefficient (Wildman–Crippen LogP) is 1.88. The Bertz CT molecular complexity index is 237. The maximum Gasteiger partial charge on any atom is 0.267 e. The molecule has 0 amide bonds. The smallest absolute Gasteiger partial charge is 0.267 e. The van der Waals surface area contributed by atoms with Crippen molar-refractivity contribution in [1.29, 1.82) is 0 Å². The van der Waals surface area contributed by atoms with E-state index in [1.165, 1.54) is 0 Å².